The molecule has 0 bridgehead atoms. The molecule has 1 atom stereocenters. The van der Waals surface area contributed by atoms with Crippen molar-refractivity contribution in [3.05, 3.63) is 29.3 Å². The van der Waals surface area contributed by atoms with Crippen molar-refractivity contribution in [2.45, 2.75) is 45.1 Å². The molecule has 0 N–H and O–H groups in total. The lowest BCUT2D eigenvalue weighted by Gasteiger charge is -2.35. The second-order valence-corrected chi connectivity index (χ2v) is 5.95. The van der Waals surface area contributed by atoms with Gasteiger partial charge in [0.15, 0.2) is 0 Å². The Balaban J connectivity index is 2.08. The monoisotopic (exact) mass is 295 g/mol. The highest BCUT2D eigenvalue weighted by molar-refractivity contribution is 6.17. The number of nitrogens with zero attached hydrogens (tertiary/aromatic N) is 1. The van der Waals surface area contributed by atoms with Gasteiger partial charge in [0.05, 0.1) is 7.11 Å². The molecule has 0 aromatic heterocycles. The van der Waals surface area contributed by atoms with E-state index in [1.807, 2.05) is 0 Å². The van der Waals surface area contributed by atoms with Gasteiger partial charge in [-0.2, -0.15) is 0 Å². The second-order valence-electron chi connectivity index (χ2n) is 5.57. The van der Waals surface area contributed by atoms with Crippen molar-refractivity contribution in [2.24, 2.45) is 0 Å². The smallest absolute Gasteiger partial charge is 0.122 e. The molecule has 0 fully saturated rings. The topological polar surface area (TPSA) is 12.5 Å². The van der Waals surface area contributed by atoms with Gasteiger partial charge in [0.25, 0.3) is 0 Å². The molecule has 0 heterocycles. The summed E-state index contributed by atoms with van der Waals surface area (Å²) in [4.78, 5) is 2.63. The minimum atomic E-state index is 0.665. The molecule has 1 aliphatic rings. The number of rotatable bonds is 7. The molecular weight excluding hydrogens is 270 g/mol. The Morgan fingerprint density at radius 3 is 2.90 bits per heavy atom. The second kappa shape index (κ2) is 7.90. The predicted octanol–water partition coefficient (Wildman–Crippen LogP) is 3.89. The third kappa shape index (κ3) is 3.67. The minimum Gasteiger partial charge on any atom is -0.496 e. The van der Waals surface area contributed by atoms with Crippen LogP contribution in [0.4, 0.5) is 0 Å². The number of hydrogen-bond acceptors (Lipinski definition) is 2. The third-order valence-corrected chi connectivity index (χ3v) is 4.51. The number of ether oxygens (including phenoxy) is 1. The molecule has 0 aliphatic heterocycles. The lowest BCUT2D eigenvalue weighted by Crippen LogP contribution is -2.40. The zero-order chi connectivity index (χ0) is 14.4. The van der Waals surface area contributed by atoms with Gasteiger partial charge in [0, 0.05) is 11.9 Å². The van der Waals surface area contributed by atoms with Crippen LogP contribution >= 0.6 is 11.6 Å². The molecule has 0 unspecified atom stereocenters. The van der Waals surface area contributed by atoms with Crippen molar-refractivity contribution in [1.29, 1.82) is 0 Å². The Bertz CT molecular complexity index is 421. The Morgan fingerprint density at radius 2 is 2.20 bits per heavy atom. The first-order chi connectivity index (χ1) is 9.80. The van der Waals surface area contributed by atoms with E-state index in [1.54, 1.807) is 7.11 Å². The third-order valence-electron chi connectivity index (χ3n) is 4.24. The Kier molecular flexibility index (Phi) is 6.18. The summed E-state index contributed by atoms with van der Waals surface area (Å²) in [5.41, 5.74) is 2.88. The van der Waals surface area contributed by atoms with Gasteiger partial charge in [-0.25, -0.2) is 0 Å². The number of methoxy groups -OCH3 is 1. The number of benzene rings is 1. The van der Waals surface area contributed by atoms with Gasteiger partial charge in [-0.1, -0.05) is 19.1 Å². The molecule has 1 aromatic rings. The van der Waals surface area contributed by atoms with Crippen LogP contribution in [0.5, 0.6) is 5.75 Å². The largest absolute Gasteiger partial charge is 0.496 e. The van der Waals surface area contributed by atoms with Crippen LogP contribution in [-0.4, -0.2) is 37.0 Å². The first kappa shape index (κ1) is 15.7. The van der Waals surface area contributed by atoms with Crippen LogP contribution in [0.25, 0.3) is 0 Å². The van der Waals surface area contributed by atoms with Crippen LogP contribution in [0.3, 0.4) is 0 Å². The van der Waals surface area contributed by atoms with Crippen molar-refractivity contribution in [2.75, 3.05) is 26.1 Å². The molecule has 0 radical (unpaired) electrons. The van der Waals surface area contributed by atoms with Crippen LogP contribution in [0.15, 0.2) is 18.2 Å². The number of hydrogen-bond donors (Lipinski definition) is 0. The minimum absolute atomic E-state index is 0.665. The zero-order valence-corrected chi connectivity index (χ0v) is 13.5. The molecule has 0 amide bonds. The summed E-state index contributed by atoms with van der Waals surface area (Å²) in [5.74, 6) is 1.82. The number of halogens is 1. The lowest BCUT2D eigenvalue weighted by atomic mass is 9.86. The van der Waals surface area contributed by atoms with E-state index in [0.29, 0.717) is 6.04 Å². The Labute approximate surface area is 128 Å². The summed E-state index contributed by atoms with van der Waals surface area (Å²) in [6.07, 6.45) is 5.81. The van der Waals surface area contributed by atoms with Crippen molar-refractivity contribution in [1.82, 2.24) is 4.90 Å². The Morgan fingerprint density at radius 1 is 1.35 bits per heavy atom. The molecule has 0 saturated heterocycles. The summed E-state index contributed by atoms with van der Waals surface area (Å²) in [6.45, 7) is 4.57. The molecular formula is C17H26ClNO. The van der Waals surface area contributed by atoms with Crippen LogP contribution in [0.2, 0.25) is 0 Å². The maximum Gasteiger partial charge on any atom is 0.122 e. The molecule has 2 nitrogen and oxygen atoms in total. The quantitative estimate of drug-likeness (QED) is 0.708. The molecule has 0 spiro atoms. The molecule has 3 heteroatoms. The van der Waals surface area contributed by atoms with E-state index in [1.165, 1.54) is 30.5 Å². The van der Waals surface area contributed by atoms with Gasteiger partial charge >= 0.3 is 0 Å². The molecule has 1 aliphatic carbocycles. The number of alkyl halides is 1. The summed E-state index contributed by atoms with van der Waals surface area (Å²) in [7, 11) is 1.77. The number of fused-ring (bicyclic) bond motifs is 1. The Hall–Kier alpha value is -0.730. The standard InChI is InChI=1S/C17H26ClNO/c1-3-11-19(12-5-10-18)15-8-9-16-14(13-15)6-4-7-17(16)20-2/h4,6-7,15H,3,5,8-13H2,1-2H3/t15-/m0/s1. The van der Waals surface area contributed by atoms with E-state index in [-0.39, 0.29) is 0 Å². The maximum absolute atomic E-state index is 5.86. The van der Waals surface area contributed by atoms with Crippen LogP contribution < -0.4 is 4.74 Å². The van der Waals surface area contributed by atoms with Gasteiger partial charge in [-0.3, -0.25) is 0 Å². The summed E-state index contributed by atoms with van der Waals surface area (Å²) in [6, 6.07) is 7.12. The fourth-order valence-corrected chi connectivity index (χ4v) is 3.40. The molecule has 0 saturated carbocycles. The maximum atomic E-state index is 5.86. The summed E-state index contributed by atoms with van der Waals surface area (Å²) in [5, 5.41) is 0. The average Bonchev–Trinajstić information content (AvgIpc) is 2.50. The highest BCUT2D eigenvalue weighted by Crippen LogP contribution is 2.31. The van der Waals surface area contributed by atoms with Crippen molar-refractivity contribution in [3.63, 3.8) is 0 Å². The van der Waals surface area contributed by atoms with Crippen molar-refractivity contribution < 1.29 is 4.74 Å². The van der Waals surface area contributed by atoms with E-state index in [9.17, 15) is 0 Å². The fraction of sp³-hybridized carbons (Fsp3) is 0.647. The van der Waals surface area contributed by atoms with E-state index in [0.717, 1.165) is 37.4 Å². The van der Waals surface area contributed by atoms with Gasteiger partial charge in [0.1, 0.15) is 5.75 Å². The van der Waals surface area contributed by atoms with Gasteiger partial charge in [0.2, 0.25) is 0 Å². The zero-order valence-electron chi connectivity index (χ0n) is 12.7. The predicted molar refractivity (Wildman–Crippen MR) is 86.0 cm³/mol. The van der Waals surface area contributed by atoms with Crippen molar-refractivity contribution >= 4 is 11.6 Å². The highest BCUT2D eigenvalue weighted by Gasteiger charge is 2.25. The molecule has 20 heavy (non-hydrogen) atoms. The molecule has 112 valence electrons. The summed E-state index contributed by atoms with van der Waals surface area (Å²) < 4.78 is 5.49. The van der Waals surface area contributed by atoms with Crippen LogP contribution in [-0.2, 0) is 12.8 Å². The summed E-state index contributed by atoms with van der Waals surface area (Å²) >= 11 is 5.86. The average molecular weight is 296 g/mol. The molecule has 1 aromatic carbocycles. The first-order valence-corrected chi connectivity index (χ1v) is 8.28. The highest BCUT2D eigenvalue weighted by atomic mass is 35.5. The molecule has 2 rings (SSSR count). The SMILES string of the molecule is CCCN(CCCCl)[C@H]1CCc2c(cccc2OC)C1. The van der Waals surface area contributed by atoms with Gasteiger partial charge in [-0.05, 0) is 62.4 Å². The first-order valence-electron chi connectivity index (χ1n) is 7.75. The van der Waals surface area contributed by atoms with E-state index in [2.05, 4.69) is 30.0 Å². The normalized spacial score (nSPS) is 18.1. The van der Waals surface area contributed by atoms with Crippen LogP contribution in [0.1, 0.15) is 37.3 Å². The van der Waals surface area contributed by atoms with Crippen LogP contribution in [0, 0.1) is 0 Å². The van der Waals surface area contributed by atoms with Gasteiger partial charge < -0.3 is 9.64 Å². The lowest BCUT2D eigenvalue weighted by molar-refractivity contribution is 0.179. The fourth-order valence-electron chi connectivity index (χ4n) is 3.28. The van der Waals surface area contributed by atoms with E-state index >= 15 is 0 Å². The van der Waals surface area contributed by atoms with Crippen molar-refractivity contribution in [3.8, 4) is 5.75 Å². The van der Waals surface area contributed by atoms with E-state index < -0.39 is 0 Å². The van der Waals surface area contributed by atoms with Gasteiger partial charge in [-0.15, -0.1) is 11.6 Å². The van der Waals surface area contributed by atoms with E-state index in [4.69, 9.17) is 16.3 Å².